The maximum atomic E-state index is 10.5. The summed E-state index contributed by atoms with van der Waals surface area (Å²) >= 11 is 0. The predicted molar refractivity (Wildman–Crippen MR) is 85.1 cm³/mol. The highest BCUT2D eigenvalue weighted by Crippen LogP contribution is 2.20. The molecule has 0 amide bonds. The number of aromatic nitrogens is 2. The minimum absolute atomic E-state index is 0.514. The average Bonchev–Trinajstić information content (AvgIpc) is 2.91. The van der Waals surface area contributed by atoms with Crippen LogP contribution in [0.1, 0.15) is 30.6 Å². The Labute approximate surface area is 124 Å². The Morgan fingerprint density at radius 2 is 2.00 bits per heavy atom. The van der Waals surface area contributed by atoms with Crippen molar-refractivity contribution in [2.24, 2.45) is 0 Å². The molecular formula is C18H20N2O. The summed E-state index contributed by atoms with van der Waals surface area (Å²) < 4.78 is 2.01. The minimum Gasteiger partial charge on any atom is -0.387 e. The molecule has 108 valence electrons. The Kier molecular flexibility index (Phi) is 4.02. The maximum Gasteiger partial charge on any atom is 0.0969 e. The molecule has 0 aliphatic heterocycles. The van der Waals surface area contributed by atoms with Gasteiger partial charge >= 0.3 is 0 Å². The number of imidazole rings is 1. The van der Waals surface area contributed by atoms with Crippen molar-refractivity contribution in [3.63, 3.8) is 0 Å². The van der Waals surface area contributed by atoms with Gasteiger partial charge in [-0.1, -0.05) is 49.7 Å². The summed E-state index contributed by atoms with van der Waals surface area (Å²) in [5.74, 6) is 0. The Morgan fingerprint density at radius 3 is 2.86 bits per heavy atom. The molecule has 3 rings (SSSR count). The SMILES string of the molecule is CCCc1cccc(C(O)Cn2cnc3ccccc32)c1. The van der Waals surface area contributed by atoms with Gasteiger partial charge in [0.2, 0.25) is 0 Å². The first-order valence-corrected chi connectivity index (χ1v) is 7.44. The third-order valence-electron chi connectivity index (χ3n) is 3.77. The van der Waals surface area contributed by atoms with Gasteiger partial charge in [0.1, 0.15) is 0 Å². The number of aliphatic hydroxyl groups excluding tert-OH is 1. The first kappa shape index (κ1) is 13.8. The summed E-state index contributed by atoms with van der Waals surface area (Å²) in [5, 5.41) is 10.5. The molecule has 1 aromatic heterocycles. The standard InChI is InChI=1S/C18H20N2O/c1-2-6-14-7-5-8-15(11-14)18(21)12-20-13-19-16-9-3-4-10-17(16)20/h3-5,7-11,13,18,21H,2,6,12H2,1H3. The Bertz CT molecular complexity index is 733. The van der Waals surface area contributed by atoms with E-state index >= 15 is 0 Å². The van der Waals surface area contributed by atoms with Crippen molar-refractivity contribution < 1.29 is 5.11 Å². The van der Waals surface area contributed by atoms with Gasteiger partial charge in [-0.3, -0.25) is 0 Å². The number of benzene rings is 2. The molecule has 0 fully saturated rings. The second-order valence-electron chi connectivity index (χ2n) is 5.40. The number of para-hydroxylation sites is 2. The van der Waals surface area contributed by atoms with Crippen molar-refractivity contribution in [2.75, 3.05) is 0 Å². The highest BCUT2D eigenvalue weighted by Gasteiger charge is 2.11. The van der Waals surface area contributed by atoms with Crippen LogP contribution in [0.3, 0.4) is 0 Å². The van der Waals surface area contributed by atoms with E-state index in [0.29, 0.717) is 6.54 Å². The van der Waals surface area contributed by atoms with E-state index in [0.717, 1.165) is 29.4 Å². The zero-order chi connectivity index (χ0) is 14.7. The van der Waals surface area contributed by atoms with Crippen LogP contribution in [0, 0.1) is 0 Å². The summed E-state index contributed by atoms with van der Waals surface area (Å²) in [5.41, 5.74) is 4.27. The zero-order valence-corrected chi connectivity index (χ0v) is 12.2. The Morgan fingerprint density at radius 1 is 1.14 bits per heavy atom. The number of aryl methyl sites for hydroxylation is 1. The van der Waals surface area contributed by atoms with E-state index < -0.39 is 6.10 Å². The Hall–Kier alpha value is -2.13. The largest absolute Gasteiger partial charge is 0.387 e. The molecule has 0 saturated heterocycles. The molecule has 0 radical (unpaired) electrons. The normalized spacial score (nSPS) is 12.7. The van der Waals surface area contributed by atoms with Crippen LogP contribution >= 0.6 is 0 Å². The summed E-state index contributed by atoms with van der Waals surface area (Å²) in [7, 11) is 0. The molecular weight excluding hydrogens is 260 g/mol. The second kappa shape index (κ2) is 6.10. The maximum absolute atomic E-state index is 10.5. The van der Waals surface area contributed by atoms with Crippen molar-refractivity contribution in [1.82, 2.24) is 9.55 Å². The monoisotopic (exact) mass is 280 g/mol. The topological polar surface area (TPSA) is 38.0 Å². The van der Waals surface area contributed by atoms with E-state index in [1.807, 2.05) is 41.0 Å². The summed E-state index contributed by atoms with van der Waals surface area (Å²) in [6.45, 7) is 2.69. The summed E-state index contributed by atoms with van der Waals surface area (Å²) in [4.78, 5) is 4.36. The minimum atomic E-state index is -0.514. The molecule has 3 aromatic rings. The quantitative estimate of drug-likeness (QED) is 0.773. The van der Waals surface area contributed by atoms with Gasteiger partial charge in [-0.15, -0.1) is 0 Å². The average molecular weight is 280 g/mol. The van der Waals surface area contributed by atoms with Gasteiger partial charge in [0, 0.05) is 0 Å². The molecule has 0 aliphatic rings. The molecule has 3 nitrogen and oxygen atoms in total. The van der Waals surface area contributed by atoms with E-state index in [1.54, 1.807) is 6.33 Å². The fraction of sp³-hybridized carbons (Fsp3) is 0.278. The Balaban J connectivity index is 1.82. The fourth-order valence-electron chi connectivity index (χ4n) is 2.69. The lowest BCUT2D eigenvalue weighted by molar-refractivity contribution is 0.158. The van der Waals surface area contributed by atoms with Crippen molar-refractivity contribution in [3.8, 4) is 0 Å². The van der Waals surface area contributed by atoms with Crippen LogP contribution in [0.2, 0.25) is 0 Å². The molecule has 2 aromatic carbocycles. The van der Waals surface area contributed by atoms with Crippen LogP contribution in [0.25, 0.3) is 11.0 Å². The second-order valence-corrected chi connectivity index (χ2v) is 5.40. The molecule has 0 spiro atoms. The molecule has 1 atom stereocenters. The molecule has 0 aliphatic carbocycles. The van der Waals surface area contributed by atoms with Crippen LogP contribution in [0.4, 0.5) is 0 Å². The van der Waals surface area contributed by atoms with Gasteiger partial charge in [-0.05, 0) is 29.7 Å². The van der Waals surface area contributed by atoms with Gasteiger partial charge in [0.15, 0.2) is 0 Å². The first-order valence-electron chi connectivity index (χ1n) is 7.44. The molecule has 1 N–H and O–H groups in total. The zero-order valence-electron chi connectivity index (χ0n) is 12.2. The van der Waals surface area contributed by atoms with Crippen molar-refractivity contribution in [2.45, 2.75) is 32.4 Å². The number of aliphatic hydroxyl groups is 1. The number of nitrogens with zero attached hydrogens (tertiary/aromatic N) is 2. The number of hydrogen-bond acceptors (Lipinski definition) is 2. The van der Waals surface area contributed by atoms with Gasteiger partial charge in [-0.2, -0.15) is 0 Å². The lowest BCUT2D eigenvalue weighted by Crippen LogP contribution is -2.08. The van der Waals surface area contributed by atoms with Crippen LogP contribution < -0.4 is 0 Å². The number of fused-ring (bicyclic) bond motifs is 1. The van der Waals surface area contributed by atoms with E-state index in [4.69, 9.17) is 0 Å². The third kappa shape index (κ3) is 2.98. The predicted octanol–water partition coefficient (Wildman–Crippen LogP) is 3.72. The molecule has 3 heteroatoms. The van der Waals surface area contributed by atoms with Crippen LogP contribution in [-0.4, -0.2) is 14.7 Å². The molecule has 0 saturated carbocycles. The van der Waals surface area contributed by atoms with Crippen molar-refractivity contribution >= 4 is 11.0 Å². The smallest absolute Gasteiger partial charge is 0.0969 e. The van der Waals surface area contributed by atoms with E-state index in [2.05, 4.69) is 24.0 Å². The highest BCUT2D eigenvalue weighted by atomic mass is 16.3. The van der Waals surface area contributed by atoms with E-state index in [1.165, 1.54) is 5.56 Å². The molecule has 1 heterocycles. The third-order valence-corrected chi connectivity index (χ3v) is 3.77. The summed E-state index contributed by atoms with van der Waals surface area (Å²) in [6.07, 6.45) is 3.45. The van der Waals surface area contributed by atoms with E-state index in [-0.39, 0.29) is 0 Å². The van der Waals surface area contributed by atoms with Gasteiger partial charge in [0.25, 0.3) is 0 Å². The van der Waals surface area contributed by atoms with E-state index in [9.17, 15) is 5.11 Å². The van der Waals surface area contributed by atoms with Crippen LogP contribution in [-0.2, 0) is 13.0 Å². The number of hydrogen-bond donors (Lipinski definition) is 1. The molecule has 21 heavy (non-hydrogen) atoms. The molecule has 0 bridgehead atoms. The molecule has 1 unspecified atom stereocenters. The first-order chi connectivity index (χ1) is 10.3. The van der Waals surface area contributed by atoms with Gasteiger partial charge < -0.3 is 9.67 Å². The van der Waals surface area contributed by atoms with Crippen molar-refractivity contribution in [3.05, 3.63) is 66.0 Å². The van der Waals surface area contributed by atoms with Gasteiger partial charge in [-0.25, -0.2) is 4.98 Å². The highest BCUT2D eigenvalue weighted by molar-refractivity contribution is 5.74. The van der Waals surface area contributed by atoms with Crippen LogP contribution in [0.15, 0.2) is 54.9 Å². The lowest BCUT2D eigenvalue weighted by Gasteiger charge is -2.13. The fourth-order valence-corrected chi connectivity index (χ4v) is 2.69. The van der Waals surface area contributed by atoms with Crippen LogP contribution in [0.5, 0.6) is 0 Å². The number of rotatable bonds is 5. The van der Waals surface area contributed by atoms with Crippen molar-refractivity contribution in [1.29, 1.82) is 0 Å². The van der Waals surface area contributed by atoms with Gasteiger partial charge in [0.05, 0.1) is 30.0 Å². The lowest BCUT2D eigenvalue weighted by atomic mass is 10.0. The summed E-state index contributed by atoms with van der Waals surface area (Å²) in [6, 6.07) is 16.2.